The molecule has 0 saturated heterocycles. The minimum absolute atomic E-state index is 0.251. The van der Waals surface area contributed by atoms with Gasteiger partial charge in [0.25, 0.3) is 0 Å². The molecule has 0 atom stereocenters. The highest BCUT2D eigenvalue weighted by atomic mass is 32.1. The lowest BCUT2D eigenvalue weighted by atomic mass is 10.2. The van der Waals surface area contributed by atoms with Crippen LogP contribution in [0.2, 0.25) is 0 Å². The zero-order valence-corrected chi connectivity index (χ0v) is 14.8. The number of carbonyl (C=O) groups excluding carboxylic acids is 1. The molecule has 0 aliphatic rings. The van der Waals surface area contributed by atoms with Gasteiger partial charge in [0.05, 0.1) is 5.39 Å². The van der Waals surface area contributed by atoms with E-state index in [0.717, 1.165) is 40.1 Å². The number of ether oxygens (including phenoxy) is 1. The molecule has 3 N–H and O–H groups in total. The summed E-state index contributed by atoms with van der Waals surface area (Å²) >= 11 is 1.33. The fraction of sp³-hybridized carbons (Fsp3) is 0.278. The van der Waals surface area contributed by atoms with E-state index >= 15 is 0 Å². The summed E-state index contributed by atoms with van der Waals surface area (Å²) < 4.78 is 5.45. The summed E-state index contributed by atoms with van der Waals surface area (Å²) in [6.45, 7) is 3.49. The highest BCUT2D eigenvalue weighted by Crippen LogP contribution is 2.33. The molecule has 1 aromatic carbocycles. The van der Waals surface area contributed by atoms with Crippen LogP contribution in [0.15, 0.2) is 36.7 Å². The summed E-state index contributed by atoms with van der Waals surface area (Å²) in [5.41, 5.74) is 7.33. The lowest BCUT2D eigenvalue weighted by molar-refractivity contribution is 0.0478. The van der Waals surface area contributed by atoms with E-state index < -0.39 is 0 Å². The molecule has 0 bridgehead atoms. The molecule has 130 valence electrons. The second-order valence-corrected chi connectivity index (χ2v) is 6.59. The van der Waals surface area contributed by atoms with Crippen LogP contribution in [0, 0.1) is 6.92 Å². The Labute approximate surface area is 150 Å². The van der Waals surface area contributed by atoms with E-state index in [1.165, 1.54) is 17.7 Å². The molecule has 0 aliphatic heterocycles. The number of aromatic nitrogens is 2. The number of aryl methyl sites for hydroxylation is 1. The summed E-state index contributed by atoms with van der Waals surface area (Å²) in [4.78, 5) is 22.4. The van der Waals surface area contributed by atoms with Crippen LogP contribution < -0.4 is 11.1 Å². The van der Waals surface area contributed by atoms with Gasteiger partial charge in [-0.15, -0.1) is 11.3 Å². The van der Waals surface area contributed by atoms with E-state index in [4.69, 9.17) is 10.5 Å². The van der Waals surface area contributed by atoms with Crippen molar-refractivity contribution >= 4 is 33.3 Å². The molecule has 0 radical (unpaired) electrons. The Balaban J connectivity index is 1.80. The Hall–Kier alpha value is -2.51. The van der Waals surface area contributed by atoms with Crippen molar-refractivity contribution in [2.75, 3.05) is 18.4 Å². The topological polar surface area (TPSA) is 90.1 Å². The number of thiophene rings is 1. The first-order valence-electron chi connectivity index (χ1n) is 8.09. The van der Waals surface area contributed by atoms with Gasteiger partial charge in [0, 0.05) is 6.54 Å². The molecule has 0 aliphatic carbocycles. The van der Waals surface area contributed by atoms with Crippen molar-refractivity contribution in [2.45, 2.75) is 20.0 Å². The summed E-state index contributed by atoms with van der Waals surface area (Å²) in [6.07, 6.45) is 2.35. The molecule has 7 heteroatoms. The van der Waals surface area contributed by atoms with E-state index in [0.29, 0.717) is 11.4 Å². The molecule has 2 aromatic heterocycles. The number of nitrogens with zero attached hydrogens (tertiary/aromatic N) is 2. The lowest BCUT2D eigenvalue weighted by Gasteiger charge is -2.06. The van der Waals surface area contributed by atoms with Crippen LogP contribution in [0.1, 0.15) is 27.2 Å². The molecular weight excluding hydrogens is 336 g/mol. The molecule has 0 saturated carbocycles. The Morgan fingerprint density at radius 1 is 1.28 bits per heavy atom. The third-order valence-electron chi connectivity index (χ3n) is 3.80. The molecule has 0 amide bonds. The van der Waals surface area contributed by atoms with Crippen molar-refractivity contribution in [3.8, 4) is 0 Å². The number of nitrogens with two attached hydrogens (primary N) is 1. The smallest absolute Gasteiger partial charge is 0.349 e. The van der Waals surface area contributed by atoms with Crippen molar-refractivity contribution in [3.63, 3.8) is 0 Å². The number of hydrogen-bond acceptors (Lipinski definition) is 7. The van der Waals surface area contributed by atoms with Crippen LogP contribution in [0.5, 0.6) is 0 Å². The minimum Gasteiger partial charge on any atom is -0.457 e. The standard InChI is InChI=1S/C18H20N4O2S/c1-12-14-16(20-9-5-8-19)21-11-22-17(14)25-15(12)18(23)24-10-13-6-3-2-4-7-13/h2-4,6-7,11H,5,8-10,19H2,1H3,(H,20,21,22). The molecule has 3 aromatic rings. The maximum atomic E-state index is 12.5. The molecule has 0 spiro atoms. The van der Waals surface area contributed by atoms with Crippen LogP contribution in [-0.4, -0.2) is 29.0 Å². The largest absolute Gasteiger partial charge is 0.457 e. The number of anilines is 1. The van der Waals surface area contributed by atoms with Crippen LogP contribution in [0.4, 0.5) is 5.82 Å². The first kappa shape index (κ1) is 17.3. The summed E-state index contributed by atoms with van der Waals surface area (Å²) in [5.74, 6) is 0.395. The Morgan fingerprint density at radius 2 is 2.08 bits per heavy atom. The minimum atomic E-state index is -0.336. The third-order valence-corrected chi connectivity index (χ3v) is 4.98. The van der Waals surface area contributed by atoms with Crippen molar-refractivity contribution in [1.29, 1.82) is 0 Å². The number of fused-ring (bicyclic) bond motifs is 1. The van der Waals surface area contributed by atoms with E-state index in [2.05, 4.69) is 15.3 Å². The quantitative estimate of drug-likeness (QED) is 0.499. The molecule has 6 nitrogen and oxygen atoms in total. The predicted octanol–water partition coefficient (Wildman–Crippen LogP) is 3.12. The average Bonchev–Trinajstić information content (AvgIpc) is 2.98. The summed E-state index contributed by atoms with van der Waals surface area (Å²) in [5, 5.41) is 4.13. The first-order valence-corrected chi connectivity index (χ1v) is 8.91. The molecule has 25 heavy (non-hydrogen) atoms. The van der Waals surface area contributed by atoms with Gasteiger partial charge in [0.2, 0.25) is 0 Å². The van der Waals surface area contributed by atoms with E-state index in [1.54, 1.807) is 0 Å². The Bertz CT molecular complexity index is 864. The van der Waals surface area contributed by atoms with Gasteiger partial charge in [0.15, 0.2) is 0 Å². The molecule has 0 unspecified atom stereocenters. The molecule has 2 heterocycles. The van der Waals surface area contributed by atoms with Crippen molar-refractivity contribution in [1.82, 2.24) is 9.97 Å². The van der Waals surface area contributed by atoms with Crippen LogP contribution in [-0.2, 0) is 11.3 Å². The van der Waals surface area contributed by atoms with Gasteiger partial charge in [0.1, 0.15) is 28.5 Å². The fourth-order valence-electron chi connectivity index (χ4n) is 2.50. The number of carbonyl (C=O) groups is 1. The van der Waals surface area contributed by atoms with Crippen LogP contribution >= 0.6 is 11.3 Å². The van der Waals surface area contributed by atoms with E-state index in [1.807, 2.05) is 37.3 Å². The van der Waals surface area contributed by atoms with Gasteiger partial charge in [-0.1, -0.05) is 30.3 Å². The fourth-order valence-corrected chi connectivity index (χ4v) is 3.54. The highest BCUT2D eigenvalue weighted by Gasteiger charge is 2.20. The predicted molar refractivity (Wildman–Crippen MR) is 99.9 cm³/mol. The van der Waals surface area contributed by atoms with E-state index in [9.17, 15) is 4.79 Å². The van der Waals surface area contributed by atoms with Crippen molar-refractivity contribution in [2.24, 2.45) is 5.73 Å². The van der Waals surface area contributed by atoms with Gasteiger partial charge in [-0.2, -0.15) is 0 Å². The van der Waals surface area contributed by atoms with Gasteiger partial charge in [-0.05, 0) is 31.0 Å². The highest BCUT2D eigenvalue weighted by molar-refractivity contribution is 7.20. The van der Waals surface area contributed by atoms with Gasteiger partial charge in [-0.3, -0.25) is 0 Å². The van der Waals surface area contributed by atoms with Crippen LogP contribution in [0.25, 0.3) is 10.2 Å². The van der Waals surface area contributed by atoms with Crippen LogP contribution in [0.3, 0.4) is 0 Å². The third kappa shape index (κ3) is 3.94. The second kappa shape index (κ2) is 8.04. The average molecular weight is 356 g/mol. The number of benzene rings is 1. The van der Waals surface area contributed by atoms with Crippen molar-refractivity contribution < 1.29 is 9.53 Å². The monoisotopic (exact) mass is 356 g/mol. The lowest BCUT2D eigenvalue weighted by Crippen LogP contribution is -2.09. The van der Waals surface area contributed by atoms with Gasteiger partial charge < -0.3 is 15.8 Å². The maximum absolute atomic E-state index is 12.5. The Kier molecular flexibility index (Phi) is 5.57. The SMILES string of the molecule is Cc1c(C(=O)OCc2ccccc2)sc2ncnc(NCCCN)c12. The van der Waals surface area contributed by atoms with E-state index in [-0.39, 0.29) is 12.6 Å². The maximum Gasteiger partial charge on any atom is 0.349 e. The van der Waals surface area contributed by atoms with Gasteiger partial charge in [-0.25, -0.2) is 14.8 Å². The Morgan fingerprint density at radius 3 is 2.84 bits per heavy atom. The zero-order valence-electron chi connectivity index (χ0n) is 14.0. The molecule has 0 fully saturated rings. The normalized spacial score (nSPS) is 10.8. The van der Waals surface area contributed by atoms with Gasteiger partial charge >= 0.3 is 5.97 Å². The zero-order chi connectivity index (χ0) is 17.6. The van der Waals surface area contributed by atoms with Crippen molar-refractivity contribution in [3.05, 3.63) is 52.7 Å². The second-order valence-electron chi connectivity index (χ2n) is 5.59. The summed E-state index contributed by atoms with van der Waals surface area (Å²) in [6, 6.07) is 9.62. The number of hydrogen-bond donors (Lipinski definition) is 2. The summed E-state index contributed by atoms with van der Waals surface area (Å²) in [7, 11) is 0. The number of esters is 1. The number of nitrogens with one attached hydrogen (secondary N) is 1. The molecular formula is C18H20N4O2S. The number of rotatable bonds is 7. The molecule has 3 rings (SSSR count). The first-order chi connectivity index (χ1) is 12.2.